The summed E-state index contributed by atoms with van der Waals surface area (Å²) in [5, 5.41) is 6.78. The minimum atomic E-state index is 0.385. The molecule has 0 radical (unpaired) electrons. The predicted molar refractivity (Wildman–Crippen MR) is 71.0 cm³/mol. The van der Waals surface area contributed by atoms with Crippen molar-refractivity contribution in [1.82, 2.24) is 10.6 Å². The Morgan fingerprint density at radius 3 is 3.19 bits per heavy atom. The first-order chi connectivity index (χ1) is 7.84. The van der Waals surface area contributed by atoms with E-state index in [0.717, 1.165) is 39.2 Å². The van der Waals surface area contributed by atoms with E-state index in [0.29, 0.717) is 6.10 Å². The van der Waals surface area contributed by atoms with Crippen molar-refractivity contribution < 1.29 is 4.74 Å². The summed E-state index contributed by atoms with van der Waals surface area (Å²) >= 11 is 5.25. The van der Waals surface area contributed by atoms with Gasteiger partial charge >= 0.3 is 0 Å². The van der Waals surface area contributed by atoms with Crippen LogP contribution in [0.2, 0.25) is 0 Å². The first-order valence-electron chi connectivity index (χ1n) is 5.62. The Labute approximate surface area is 109 Å². The lowest BCUT2D eigenvalue weighted by atomic mass is 10.2. The zero-order valence-electron chi connectivity index (χ0n) is 9.17. The van der Waals surface area contributed by atoms with E-state index in [1.807, 2.05) is 0 Å². The van der Waals surface area contributed by atoms with E-state index >= 15 is 0 Å². The molecule has 0 spiro atoms. The van der Waals surface area contributed by atoms with Crippen molar-refractivity contribution in [2.24, 2.45) is 0 Å². The molecule has 0 bridgehead atoms. The fraction of sp³-hybridized carbons (Fsp3) is 0.636. The molecule has 1 aliphatic heterocycles. The molecule has 2 heterocycles. The number of hydrogen-bond acceptors (Lipinski definition) is 4. The van der Waals surface area contributed by atoms with Gasteiger partial charge in [-0.05, 0) is 41.0 Å². The van der Waals surface area contributed by atoms with Crippen molar-refractivity contribution in [3.05, 3.63) is 20.8 Å². The Morgan fingerprint density at radius 1 is 1.56 bits per heavy atom. The highest BCUT2D eigenvalue weighted by Gasteiger charge is 2.12. The first kappa shape index (κ1) is 12.5. The molecule has 1 aromatic heterocycles. The van der Waals surface area contributed by atoms with Gasteiger partial charge in [-0.1, -0.05) is 0 Å². The molecule has 1 unspecified atom stereocenters. The van der Waals surface area contributed by atoms with Gasteiger partial charge in [-0.3, -0.25) is 0 Å². The third kappa shape index (κ3) is 4.14. The van der Waals surface area contributed by atoms with Gasteiger partial charge in [0.05, 0.1) is 16.5 Å². The maximum atomic E-state index is 5.63. The van der Waals surface area contributed by atoms with E-state index in [2.05, 4.69) is 38.7 Å². The molecular formula is C11H17BrN2OS. The number of thiophene rings is 1. The Hall–Kier alpha value is 0.0600. The highest BCUT2D eigenvalue weighted by atomic mass is 79.9. The van der Waals surface area contributed by atoms with Gasteiger partial charge in [0.15, 0.2) is 0 Å². The van der Waals surface area contributed by atoms with Gasteiger partial charge < -0.3 is 15.4 Å². The minimum absolute atomic E-state index is 0.385. The molecule has 1 atom stereocenters. The molecule has 0 aliphatic carbocycles. The van der Waals surface area contributed by atoms with Crippen LogP contribution in [0.5, 0.6) is 0 Å². The van der Waals surface area contributed by atoms with Crippen molar-refractivity contribution >= 4 is 27.3 Å². The molecule has 0 saturated carbocycles. The van der Waals surface area contributed by atoms with Gasteiger partial charge in [-0.15, -0.1) is 11.3 Å². The molecule has 16 heavy (non-hydrogen) atoms. The van der Waals surface area contributed by atoms with E-state index in [9.17, 15) is 0 Å². The second-order valence-electron chi connectivity index (χ2n) is 3.87. The van der Waals surface area contributed by atoms with Crippen LogP contribution in [-0.2, 0) is 11.3 Å². The van der Waals surface area contributed by atoms with Gasteiger partial charge in [0.25, 0.3) is 0 Å². The molecule has 1 fully saturated rings. The number of morpholine rings is 1. The standard InChI is InChI=1S/C11H17BrN2OS/c12-11-2-1-10(16-11)8-13-4-3-9-7-14-5-6-15-9/h1-2,9,13-14H,3-8H2. The lowest BCUT2D eigenvalue weighted by Gasteiger charge is -2.23. The topological polar surface area (TPSA) is 33.3 Å². The van der Waals surface area contributed by atoms with Crippen LogP contribution in [0.4, 0.5) is 0 Å². The number of rotatable bonds is 5. The fourth-order valence-corrected chi connectivity index (χ4v) is 3.18. The van der Waals surface area contributed by atoms with E-state index in [-0.39, 0.29) is 0 Å². The van der Waals surface area contributed by atoms with E-state index in [4.69, 9.17) is 4.74 Å². The normalized spacial score (nSPS) is 21.2. The van der Waals surface area contributed by atoms with Crippen LogP contribution >= 0.6 is 27.3 Å². The van der Waals surface area contributed by atoms with E-state index in [1.165, 1.54) is 8.66 Å². The van der Waals surface area contributed by atoms with Crippen LogP contribution in [0.25, 0.3) is 0 Å². The number of hydrogen-bond donors (Lipinski definition) is 2. The number of nitrogens with one attached hydrogen (secondary N) is 2. The van der Waals surface area contributed by atoms with Crippen molar-refractivity contribution in [1.29, 1.82) is 0 Å². The molecular weight excluding hydrogens is 288 g/mol. The van der Waals surface area contributed by atoms with Gasteiger partial charge in [0.2, 0.25) is 0 Å². The zero-order valence-corrected chi connectivity index (χ0v) is 11.6. The van der Waals surface area contributed by atoms with E-state index in [1.54, 1.807) is 11.3 Å². The van der Waals surface area contributed by atoms with Crippen LogP contribution in [0.15, 0.2) is 15.9 Å². The summed E-state index contributed by atoms with van der Waals surface area (Å²) in [4.78, 5) is 1.37. The molecule has 0 aromatic carbocycles. The molecule has 1 aliphatic rings. The summed E-state index contributed by atoms with van der Waals surface area (Å²) in [7, 11) is 0. The van der Waals surface area contributed by atoms with Crippen molar-refractivity contribution in [3.63, 3.8) is 0 Å². The van der Waals surface area contributed by atoms with Crippen LogP contribution in [0, 0.1) is 0 Å². The lowest BCUT2D eigenvalue weighted by Crippen LogP contribution is -2.39. The number of halogens is 1. The summed E-state index contributed by atoms with van der Waals surface area (Å²) in [6.07, 6.45) is 1.47. The average Bonchev–Trinajstić information content (AvgIpc) is 2.72. The van der Waals surface area contributed by atoms with Gasteiger partial charge in [0.1, 0.15) is 0 Å². The van der Waals surface area contributed by atoms with Crippen molar-refractivity contribution in [2.45, 2.75) is 19.1 Å². The molecule has 3 nitrogen and oxygen atoms in total. The van der Waals surface area contributed by atoms with Gasteiger partial charge in [-0.2, -0.15) is 0 Å². The highest BCUT2D eigenvalue weighted by Crippen LogP contribution is 2.21. The zero-order chi connectivity index (χ0) is 11.2. The Morgan fingerprint density at radius 2 is 2.50 bits per heavy atom. The van der Waals surface area contributed by atoms with E-state index < -0.39 is 0 Å². The molecule has 2 N–H and O–H groups in total. The maximum Gasteiger partial charge on any atom is 0.0712 e. The Bertz CT molecular complexity index is 313. The second kappa shape index (κ2) is 6.71. The SMILES string of the molecule is Brc1ccc(CNCCC2CNCCO2)s1. The monoisotopic (exact) mass is 304 g/mol. The van der Waals surface area contributed by atoms with Crippen LogP contribution in [0.1, 0.15) is 11.3 Å². The Balaban J connectivity index is 1.57. The van der Waals surface area contributed by atoms with Gasteiger partial charge in [-0.25, -0.2) is 0 Å². The summed E-state index contributed by atoms with van der Waals surface area (Å²) in [6, 6.07) is 4.25. The third-order valence-corrected chi connectivity index (χ3v) is 4.20. The largest absolute Gasteiger partial charge is 0.376 e. The molecule has 1 saturated heterocycles. The number of ether oxygens (including phenoxy) is 1. The predicted octanol–water partition coefficient (Wildman–Crippen LogP) is 1.98. The highest BCUT2D eigenvalue weighted by molar-refractivity contribution is 9.11. The third-order valence-electron chi connectivity index (χ3n) is 2.58. The summed E-state index contributed by atoms with van der Waals surface area (Å²) in [5.74, 6) is 0. The first-order valence-corrected chi connectivity index (χ1v) is 7.23. The summed E-state index contributed by atoms with van der Waals surface area (Å²) in [5.41, 5.74) is 0. The molecule has 2 rings (SSSR count). The average molecular weight is 305 g/mol. The lowest BCUT2D eigenvalue weighted by molar-refractivity contribution is 0.0238. The summed E-state index contributed by atoms with van der Waals surface area (Å²) < 4.78 is 6.83. The minimum Gasteiger partial charge on any atom is -0.376 e. The van der Waals surface area contributed by atoms with Crippen LogP contribution in [0.3, 0.4) is 0 Å². The Kier molecular flexibility index (Phi) is 5.25. The fourth-order valence-electron chi connectivity index (χ4n) is 1.73. The smallest absolute Gasteiger partial charge is 0.0712 e. The van der Waals surface area contributed by atoms with Crippen molar-refractivity contribution in [3.8, 4) is 0 Å². The van der Waals surface area contributed by atoms with Crippen LogP contribution < -0.4 is 10.6 Å². The summed E-state index contributed by atoms with van der Waals surface area (Å²) in [6.45, 7) is 4.81. The molecule has 90 valence electrons. The maximum absolute atomic E-state index is 5.63. The van der Waals surface area contributed by atoms with Gasteiger partial charge in [0, 0.05) is 24.5 Å². The van der Waals surface area contributed by atoms with Crippen LogP contribution in [-0.4, -0.2) is 32.3 Å². The van der Waals surface area contributed by atoms with Crippen molar-refractivity contribution in [2.75, 3.05) is 26.2 Å². The second-order valence-corrected chi connectivity index (χ2v) is 6.42. The molecule has 1 aromatic rings. The molecule has 0 amide bonds. The quantitative estimate of drug-likeness (QED) is 0.816. The molecule has 5 heteroatoms.